The van der Waals surface area contributed by atoms with Gasteiger partial charge in [0.15, 0.2) is 5.56 Å². The minimum atomic E-state index is -0.551. The lowest BCUT2D eigenvalue weighted by molar-refractivity contribution is -0.146. The Labute approximate surface area is 108 Å². The Bertz CT molecular complexity index is 231. The highest BCUT2D eigenvalue weighted by Crippen LogP contribution is 2.11. The van der Waals surface area contributed by atoms with E-state index in [9.17, 15) is 9.59 Å². The van der Waals surface area contributed by atoms with E-state index < -0.39 is 5.56 Å². The van der Waals surface area contributed by atoms with E-state index in [0.717, 1.165) is 12.8 Å². The summed E-state index contributed by atoms with van der Waals surface area (Å²) in [6.45, 7) is 4.16. The first kappa shape index (κ1) is 16.2. The van der Waals surface area contributed by atoms with Crippen LogP contribution in [0.5, 0.6) is 0 Å². The third-order valence-electron chi connectivity index (χ3n) is 2.11. The highest BCUT2D eigenvalue weighted by Gasteiger charge is 2.11. The van der Waals surface area contributed by atoms with E-state index in [-0.39, 0.29) is 24.8 Å². The molecular formula is C12H21ClO4. The lowest BCUT2D eigenvalue weighted by Crippen LogP contribution is -2.13. The van der Waals surface area contributed by atoms with Crippen LogP contribution < -0.4 is 0 Å². The third-order valence-corrected chi connectivity index (χ3v) is 2.42. The summed E-state index contributed by atoms with van der Waals surface area (Å²) in [5.74, 6) is -0.640. The monoisotopic (exact) mass is 264 g/mol. The van der Waals surface area contributed by atoms with Crippen LogP contribution >= 0.6 is 11.6 Å². The van der Waals surface area contributed by atoms with Gasteiger partial charge in [-0.2, -0.15) is 0 Å². The zero-order chi connectivity index (χ0) is 13.1. The molecular weight excluding hydrogens is 244 g/mol. The molecule has 1 atom stereocenters. The number of halogens is 1. The van der Waals surface area contributed by atoms with Crippen molar-refractivity contribution in [2.45, 2.75) is 57.9 Å². The van der Waals surface area contributed by atoms with Crippen LogP contribution in [0.25, 0.3) is 0 Å². The summed E-state index contributed by atoms with van der Waals surface area (Å²) in [5, 5.41) is 0. The number of esters is 2. The molecule has 0 N–H and O–H groups in total. The summed E-state index contributed by atoms with van der Waals surface area (Å²) in [7, 11) is 0. The molecule has 0 radical (unpaired) electrons. The molecule has 0 bridgehead atoms. The number of carbonyl (C=O) groups is 2. The molecule has 0 rings (SSSR count). The first-order valence-electron chi connectivity index (χ1n) is 6.09. The average molecular weight is 265 g/mol. The molecule has 0 saturated heterocycles. The summed E-state index contributed by atoms with van der Waals surface area (Å²) >= 11 is 5.81. The molecule has 5 heteroatoms. The Morgan fingerprint density at radius 1 is 1.12 bits per heavy atom. The smallest absolute Gasteiger partial charge is 0.307 e. The number of unbranched alkanes of at least 4 members (excludes halogenated alkanes) is 1. The van der Waals surface area contributed by atoms with Crippen molar-refractivity contribution in [1.82, 2.24) is 0 Å². The van der Waals surface area contributed by atoms with Gasteiger partial charge in [0.1, 0.15) is 0 Å². The summed E-state index contributed by atoms with van der Waals surface area (Å²) in [4.78, 5) is 22.3. The van der Waals surface area contributed by atoms with E-state index in [0.29, 0.717) is 19.4 Å². The van der Waals surface area contributed by atoms with E-state index >= 15 is 0 Å². The van der Waals surface area contributed by atoms with Gasteiger partial charge in [0, 0.05) is 12.8 Å². The maximum Gasteiger partial charge on any atom is 0.307 e. The SMILES string of the molecule is CCCCC(Cl)OC(=O)CCCC(=O)OCC. The maximum absolute atomic E-state index is 11.3. The van der Waals surface area contributed by atoms with Gasteiger partial charge < -0.3 is 9.47 Å². The number of alkyl halides is 1. The lowest BCUT2D eigenvalue weighted by Gasteiger charge is -2.10. The molecule has 100 valence electrons. The quantitative estimate of drug-likeness (QED) is 0.474. The summed E-state index contributed by atoms with van der Waals surface area (Å²) < 4.78 is 9.71. The van der Waals surface area contributed by atoms with Crippen LogP contribution in [0.15, 0.2) is 0 Å². The van der Waals surface area contributed by atoms with Gasteiger partial charge in [-0.1, -0.05) is 24.9 Å². The molecule has 1 unspecified atom stereocenters. The Morgan fingerprint density at radius 3 is 2.35 bits per heavy atom. The molecule has 0 spiro atoms. The van der Waals surface area contributed by atoms with Gasteiger partial charge in [-0.05, 0) is 26.2 Å². The van der Waals surface area contributed by atoms with Crippen molar-refractivity contribution in [2.24, 2.45) is 0 Å². The minimum Gasteiger partial charge on any atom is -0.466 e. The lowest BCUT2D eigenvalue weighted by atomic mass is 10.2. The van der Waals surface area contributed by atoms with E-state index in [1.807, 2.05) is 6.92 Å². The zero-order valence-electron chi connectivity index (χ0n) is 10.5. The molecule has 0 heterocycles. The maximum atomic E-state index is 11.3. The number of rotatable bonds is 9. The van der Waals surface area contributed by atoms with Crippen LogP contribution in [0.4, 0.5) is 0 Å². The van der Waals surface area contributed by atoms with Crippen molar-refractivity contribution in [3.05, 3.63) is 0 Å². The van der Waals surface area contributed by atoms with Crippen LogP contribution in [-0.2, 0) is 19.1 Å². The molecule has 0 aliphatic carbocycles. The predicted octanol–water partition coefficient (Wildman–Crippen LogP) is 3.02. The van der Waals surface area contributed by atoms with E-state index in [1.165, 1.54) is 0 Å². The van der Waals surface area contributed by atoms with Crippen molar-refractivity contribution in [2.75, 3.05) is 6.61 Å². The molecule has 0 saturated carbocycles. The van der Waals surface area contributed by atoms with Gasteiger partial charge in [-0.3, -0.25) is 9.59 Å². The number of hydrogen-bond acceptors (Lipinski definition) is 4. The Morgan fingerprint density at radius 2 is 1.76 bits per heavy atom. The topological polar surface area (TPSA) is 52.6 Å². The van der Waals surface area contributed by atoms with Crippen LogP contribution in [-0.4, -0.2) is 24.1 Å². The number of carbonyl (C=O) groups excluding carboxylic acids is 2. The Kier molecular flexibility index (Phi) is 9.92. The number of hydrogen-bond donors (Lipinski definition) is 0. The molecule has 4 nitrogen and oxygen atoms in total. The molecule has 0 fully saturated rings. The van der Waals surface area contributed by atoms with Crippen molar-refractivity contribution in [3.63, 3.8) is 0 Å². The van der Waals surface area contributed by atoms with Gasteiger partial charge >= 0.3 is 11.9 Å². The van der Waals surface area contributed by atoms with Gasteiger partial charge in [-0.15, -0.1) is 0 Å². The Balaban J connectivity index is 3.55. The van der Waals surface area contributed by atoms with Gasteiger partial charge in [0.25, 0.3) is 0 Å². The first-order chi connectivity index (χ1) is 8.10. The largest absolute Gasteiger partial charge is 0.466 e. The summed E-state index contributed by atoms with van der Waals surface area (Å²) in [5.41, 5.74) is -0.551. The second-order valence-electron chi connectivity index (χ2n) is 3.70. The van der Waals surface area contributed by atoms with Crippen LogP contribution in [0.1, 0.15) is 52.4 Å². The van der Waals surface area contributed by atoms with E-state index in [2.05, 4.69) is 0 Å². The second kappa shape index (κ2) is 10.4. The molecule has 0 amide bonds. The zero-order valence-corrected chi connectivity index (χ0v) is 11.3. The minimum absolute atomic E-state index is 0.203. The number of ether oxygens (including phenoxy) is 2. The van der Waals surface area contributed by atoms with Crippen molar-refractivity contribution >= 4 is 23.5 Å². The summed E-state index contributed by atoms with van der Waals surface area (Å²) in [6, 6.07) is 0. The van der Waals surface area contributed by atoms with Gasteiger partial charge in [-0.25, -0.2) is 0 Å². The molecule has 0 aromatic heterocycles. The fourth-order valence-electron chi connectivity index (χ4n) is 1.24. The fraction of sp³-hybridized carbons (Fsp3) is 0.833. The molecule has 17 heavy (non-hydrogen) atoms. The molecule has 0 aliphatic heterocycles. The van der Waals surface area contributed by atoms with Crippen LogP contribution in [0.2, 0.25) is 0 Å². The van der Waals surface area contributed by atoms with Crippen molar-refractivity contribution in [3.8, 4) is 0 Å². The standard InChI is InChI=1S/C12H21ClO4/c1-3-5-7-10(13)17-12(15)9-6-8-11(14)16-4-2/h10H,3-9H2,1-2H3. The second-order valence-corrected chi connectivity index (χ2v) is 4.19. The molecule has 0 aromatic rings. The fourth-order valence-corrected chi connectivity index (χ4v) is 1.49. The van der Waals surface area contributed by atoms with Gasteiger partial charge in [0.05, 0.1) is 6.61 Å². The molecule has 0 aromatic carbocycles. The third kappa shape index (κ3) is 10.1. The van der Waals surface area contributed by atoms with Crippen molar-refractivity contribution < 1.29 is 19.1 Å². The average Bonchev–Trinajstić information content (AvgIpc) is 2.26. The molecule has 0 aliphatic rings. The van der Waals surface area contributed by atoms with Crippen LogP contribution in [0.3, 0.4) is 0 Å². The van der Waals surface area contributed by atoms with Gasteiger partial charge in [0.2, 0.25) is 0 Å². The van der Waals surface area contributed by atoms with E-state index in [1.54, 1.807) is 6.92 Å². The summed E-state index contributed by atoms with van der Waals surface area (Å²) in [6.07, 6.45) is 3.50. The van der Waals surface area contributed by atoms with Crippen LogP contribution in [0, 0.1) is 0 Å². The highest BCUT2D eigenvalue weighted by atomic mass is 35.5. The van der Waals surface area contributed by atoms with E-state index in [4.69, 9.17) is 21.1 Å². The normalized spacial score (nSPS) is 11.9. The Hall–Kier alpha value is -0.770. The van der Waals surface area contributed by atoms with Crippen molar-refractivity contribution in [1.29, 1.82) is 0 Å². The first-order valence-corrected chi connectivity index (χ1v) is 6.53. The highest BCUT2D eigenvalue weighted by molar-refractivity contribution is 6.20. The predicted molar refractivity (Wildman–Crippen MR) is 65.7 cm³/mol.